The Morgan fingerprint density at radius 3 is 2.80 bits per heavy atom. The van der Waals surface area contributed by atoms with Crippen molar-refractivity contribution < 1.29 is 14.1 Å². The van der Waals surface area contributed by atoms with Gasteiger partial charge in [0.15, 0.2) is 0 Å². The summed E-state index contributed by atoms with van der Waals surface area (Å²) in [7, 11) is 0. The van der Waals surface area contributed by atoms with E-state index < -0.39 is 22.3 Å². The van der Waals surface area contributed by atoms with Crippen LogP contribution in [0, 0.1) is 15.9 Å². The van der Waals surface area contributed by atoms with Gasteiger partial charge in [0.25, 0.3) is 11.6 Å². The van der Waals surface area contributed by atoms with Gasteiger partial charge in [0.1, 0.15) is 16.5 Å². The molecule has 0 aliphatic heterocycles. The molecule has 0 bridgehead atoms. The number of aromatic nitrogens is 2. The molecule has 20 heavy (non-hydrogen) atoms. The van der Waals surface area contributed by atoms with E-state index in [1.165, 1.54) is 12.3 Å². The average molecular weight is 297 g/mol. The molecule has 0 fully saturated rings. The Balaban J connectivity index is 2.32. The second-order valence-electron chi connectivity index (χ2n) is 3.58. The SMILES string of the molecule is O=C(Nc1nccc(Cl)n1)c1ccc(F)cc1[N+](=O)[O-]. The van der Waals surface area contributed by atoms with Crippen LogP contribution in [0.4, 0.5) is 16.0 Å². The van der Waals surface area contributed by atoms with Crippen LogP contribution in [0.15, 0.2) is 30.5 Å². The second kappa shape index (κ2) is 5.57. The van der Waals surface area contributed by atoms with Crippen molar-refractivity contribution in [1.29, 1.82) is 0 Å². The summed E-state index contributed by atoms with van der Waals surface area (Å²) in [4.78, 5) is 29.3. The van der Waals surface area contributed by atoms with Gasteiger partial charge in [-0.3, -0.25) is 20.2 Å². The molecule has 102 valence electrons. The van der Waals surface area contributed by atoms with Crippen molar-refractivity contribution in [2.45, 2.75) is 0 Å². The molecule has 1 amide bonds. The van der Waals surface area contributed by atoms with Gasteiger partial charge >= 0.3 is 0 Å². The molecule has 7 nitrogen and oxygen atoms in total. The van der Waals surface area contributed by atoms with Crippen LogP contribution >= 0.6 is 11.6 Å². The Labute approximate surface area is 116 Å². The highest BCUT2D eigenvalue weighted by Crippen LogP contribution is 2.20. The lowest BCUT2D eigenvalue weighted by Gasteiger charge is -2.04. The molecule has 1 aromatic heterocycles. The molecule has 0 saturated heterocycles. The number of carbonyl (C=O) groups excluding carboxylic acids is 1. The molecule has 1 N–H and O–H groups in total. The molecule has 0 aliphatic rings. The van der Waals surface area contributed by atoms with E-state index in [1.807, 2.05) is 0 Å². The topological polar surface area (TPSA) is 98.0 Å². The first kappa shape index (κ1) is 13.8. The minimum Gasteiger partial charge on any atom is -0.290 e. The molecule has 1 heterocycles. The number of halogens is 2. The van der Waals surface area contributed by atoms with E-state index in [0.29, 0.717) is 6.07 Å². The Bertz CT molecular complexity index is 695. The van der Waals surface area contributed by atoms with Crippen molar-refractivity contribution in [2.75, 3.05) is 5.32 Å². The minimum atomic E-state index is -0.850. The number of hydrogen-bond acceptors (Lipinski definition) is 5. The van der Waals surface area contributed by atoms with Gasteiger partial charge in [0, 0.05) is 6.20 Å². The van der Waals surface area contributed by atoms with Crippen molar-refractivity contribution in [3.8, 4) is 0 Å². The number of rotatable bonds is 3. The highest BCUT2D eigenvalue weighted by Gasteiger charge is 2.21. The van der Waals surface area contributed by atoms with Gasteiger partial charge in [-0.2, -0.15) is 0 Å². The monoisotopic (exact) mass is 296 g/mol. The summed E-state index contributed by atoms with van der Waals surface area (Å²) in [5, 5.41) is 13.1. The number of hydrogen-bond donors (Lipinski definition) is 1. The van der Waals surface area contributed by atoms with Gasteiger partial charge in [-0.25, -0.2) is 14.4 Å². The van der Waals surface area contributed by atoms with E-state index in [2.05, 4.69) is 15.3 Å². The first-order valence-corrected chi connectivity index (χ1v) is 5.59. The quantitative estimate of drug-likeness (QED) is 0.533. The Morgan fingerprint density at radius 1 is 1.40 bits per heavy atom. The van der Waals surface area contributed by atoms with Crippen molar-refractivity contribution in [2.24, 2.45) is 0 Å². The van der Waals surface area contributed by atoms with Crippen molar-refractivity contribution in [3.63, 3.8) is 0 Å². The predicted molar refractivity (Wildman–Crippen MR) is 68.0 cm³/mol. The lowest BCUT2D eigenvalue weighted by atomic mass is 10.1. The molecule has 0 radical (unpaired) electrons. The van der Waals surface area contributed by atoms with Gasteiger partial charge in [0.2, 0.25) is 5.95 Å². The number of amides is 1. The fourth-order valence-corrected chi connectivity index (χ4v) is 1.55. The summed E-state index contributed by atoms with van der Waals surface area (Å²) in [6, 6.07) is 4.01. The Hall–Kier alpha value is -2.61. The van der Waals surface area contributed by atoms with Crippen LogP contribution in [-0.2, 0) is 0 Å². The highest BCUT2D eigenvalue weighted by molar-refractivity contribution is 6.29. The smallest absolute Gasteiger partial charge is 0.285 e. The number of anilines is 1. The van der Waals surface area contributed by atoms with Crippen LogP contribution in [-0.4, -0.2) is 20.8 Å². The van der Waals surface area contributed by atoms with Gasteiger partial charge < -0.3 is 0 Å². The summed E-state index contributed by atoms with van der Waals surface area (Å²) >= 11 is 5.62. The number of nitrogens with one attached hydrogen (secondary N) is 1. The molecule has 2 aromatic rings. The average Bonchev–Trinajstić information content (AvgIpc) is 2.38. The van der Waals surface area contributed by atoms with Crippen LogP contribution in [0.3, 0.4) is 0 Å². The lowest BCUT2D eigenvalue weighted by molar-refractivity contribution is -0.385. The van der Waals surface area contributed by atoms with E-state index >= 15 is 0 Å². The highest BCUT2D eigenvalue weighted by atomic mass is 35.5. The third-order valence-corrected chi connectivity index (χ3v) is 2.46. The van der Waals surface area contributed by atoms with E-state index in [9.17, 15) is 19.3 Å². The van der Waals surface area contributed by atoms with Crippen LogP contribution < -0.4 is 5.32 Å². The summed E-state index contributed by atoms with van der Waals surface area (Å²) in [6.45, 7) is 0. The standard InChI is InChI=1S/C11H6ClFN4O3/c12-9-3-4-14-11(15-9)16-10(18)7-2-1-6(13)5-8(7)17(19)20/h1-5H,(H,14,15,16,18). The van der Waals surface area contributed by atoms with E-state index in [1.54, 1.807) is 0 Å². The van der Waals surface area contributed by atoms with Gasteiger partial charge in [-0.1, -0.05) is 11.6 Å². The molecule has 2 rings (SSSR count). The summed E-state index contributed by atoms with van der Waals surface area (Å²) in [6.07, 6.45) is 1.31. The first-order valence-electron chi connectivity index (χ1n) is 5.21. The summed E-state index contributed by atoms with van der Waals surface area (Å²) in [5.41, 5.74) is -0.954. The van der Waals surface area contributed by atoms with E-state index in [0.717, 1.165) is 12.1 Å². The lowest BCUT2D eigenvalue weighted by Crippen LogP contribution is -2.16. The molecular formula is C11H6ClFN4O3. The fraction of sp³-hybridized carbons (Fsp3) is 0. The maximum Gasteiger partial charge on any atom is 0.285 e. The number of nitro groups is 1. The predicted octanol–water partition coefficient (Wildman–Crippen LogP) is 2.43. The number of nitrogens with zero attached hydrogens (tertiary/aromatic N) is 3. The zero-order valence-corrected chi connectivity index (χ0v) is 10.5. The van der Waals surface area contributed by atoms with Crippen molar-refractivity contribution >= 4 is 29.1 Å². The molecule has 0 unspecified atom stereocenters. The molecule has 0 atom stereocenters. The number of benzene rings is 1. The van der Waals surface area contributed by atoms with Crippen molar-refractivity contribution in [3.05, 3.63) is 57.1 Å². The second-order valence-corrected chi connectivity index (χ2v) is 3.96. The molecule has 0 saturated carbocycles. The Kier molecular flexibility index (Phi) is 3.85. The normalized spacial score (nSPS) is 10.1. The third-order valence-electron chi connectivity index (χ3n) is 2.25. The van der Waals surface area contributed by atoms with Crippen LogP contribution in [0.5, 0.6) is 0 Å². The number of carbonyl (C=O) groups is 1. The summed E-state index contributed by atoms with van der Waals surface area (Å²) in [5.74, 6) is -1.76. The van der Waals surface area contributed by atoms with Gasteiger partial charge in [0.05, 0.1) is 11.0 Å². The zero-order chi connectivity index (χ0) is 14.7. The van der Waals surface area contributed by atoms with Gasteiger partial charge in [-0.05, 0) is 18.2 Å². The van der Waals surface area contributed by atoms with Gasteiger partial charge in [-0.15, -0.1) is 0 Å². The maximum atomic E-state index is 13.0. The summed E-state index contributed by atoms with van der Waals surface area (Å²) < 4.78 is 13.0. The minimum absolute atomic E-state index is 0.101. The molecule has 0 aliphatic carbocycles. The molecule has 9 heteroatoms. The number of nitro benzene ring substituents is 1. The maximum absolute atomic E-state index is 13.0. The largest absolute Gasteiger partial charge is 0.290 e. The zero-order valence-electron chi connectivity index (χ0n) is 9.71. The molecule has 1 aromatic carbocycles. The fourth-order valence-electron chi connectivity index (χ4n) is 1.41. The van der Waals surface area contributed by atoms with Crippen LogP contribution in [0.1, 0.15) is 10.4 Å². The van der Waals surface area contributed by atoms with E-state index in [-0.39, 0.29) is 16.7 Å². The van der Waals surface area contributed by atoms with E-state index in [4.69, 9.17) is 11.6 Å². The van der Waals surface area contributed by atoms with Crippen molar-refractivity contribution in [1.82, 2.24) is 9.97 Å². The third kappa shape index (κ3) is 3.04. The van der Waals surface area contributed by atoms with Crippen LogP contribution in [0.25, 0.3) is 0 Å². The van der Waals surface area contributed by atoms with Crippen LogP contribution in [0.2, 0.25) is 5.15 Å². The Morgan fingerprint density at radius 2 is 2.15 bits per heavy atom. The first-order chi connectivity index (χ1) is 9.47. The molecular weight excluding hydrogens is 291 g/mol. The molecule has 0 spiro atoms.